The van der Waals surface area contributed by atoms with Crippen molar-refractivity contribution < 1.29 is 14.3 Å². The highest BCUT2D eigenvalue weighted by Gasteiger charge is 2.13. The van der Waals surface area contributed by atoms with Crippen molar-refractivity contribution in [2.24, 2.45) is 0 Å². The Morgan fingerprint density at radius 2 is 0.889 bits per heavy atom. The summed E-state index contributed by atoms with van der Waals surface area (Å²) in [6.45, 7) is 8.15. The van der Waals surface area contributed by atoms with Gasteiger partial charge in [0.05, 0.1) is 6.54 Å². The summed E-state index contributed by atoms with van der Waals surface area (Å²) in [4.78, 5) is 26.8. The summed E-state index contributed by atoms with van der Waals surface area (Å²) in [5.74, 6) is 0.0746. The third kappa shape index (κ3) is 33.1. The number of hydrogen-bond donors (Lipinski definition) is 0. The molecule has 1 amide bonds. The number of rotatable bonds is 33. The molecule has 0 radical (unpaired) electrons. The fourth-order valence-electron chi connectivity index (χ4n) is 5.30. The second-order valence-corrected chi connectivity index (χ2v) is 12.6. The van der Waals surface area contributed by atoms with Gasteiger partial charge in [-0.25, -0.2) is 0 Å². The lowest BCUT2D eigenvalue weighted by atomic mass is 10.1. The summed E-state index contributed by atoms with van der Waals surface area (Å²) < 4.78 is 5.46. The predicted molar refractivity (Wildman–Crippen MR) is 197 cm³/mol. The van der Waals surface area contributed by atoms with Crippen LogP contribution in [0.25, 0.3) is 0 Å². The van der Waals surface area contributed by atoms with E-state index in [1.165, 1.54) is 89.9 Å². The first-order chi connectivity index (χ1) is 22.2. The summed E-state index contributed by atoms with van der Waals surface area (Å²) in [7, 11) is 0. The fraction of sp³-hybridized carbons (Fsp3) is 0.756. The van der Waals surface area contributed by atoms with Crippen LogP contribution in [0.2, 0.25) is 0 Å². The molecule has 0 aliphatic carbocycles. The van der Waals surface area contributed by atoms with Gasteiger partial charge >= 0.3 is 5.97 Å². The lowest BCUT2D eigenvalue weighted by Gasteiger charge is -2.22. The minimum atomic E-state index is -0.127. The van der Waals surface area contributed by atoms with Gasteiger partial charge in [0, 0.05) is 19.4 Å². The van der Waals surface area contributed by atoms with Crippen molar-refractivity contribution in [3.8, 4) is 0 Å². The molecule has 0 saturated heterocycles. The average Bonchev–Trinajstić information content (AvgIpc) is 3.04. The third-order valence-electron chi connectivity index (χ3n) is 8.14. The number of amides is 1. The normalized spacial score (nSPS) is 12.0. The number of allylic oxidation sites excluding steroid dienone is 8. The van der Waals surface area contributed by atoms with Crippen LogP contribution in [0.4, 0.5) is 0 Å². The Morgan fingerprint density at radius 3 is 1.36 bits per heavy atom. The van der Waals surface area contributed by atoms with Gasteiger partial charge < -0.3 is 9.64 Å². The summed E-state index contributed by atoms with van der Waals surface area (Å²) >= 11 is 0. The molecule has 0 N–H and O–H groups in total. The Labute approximate surface area is 280 Å². The maximum Gasteiger partial charge on any atom is 0.305 e. The molecule has 0 unspecified atom stereocenters. The lowest BCUT2D eigenvalue weighted by molar-refractivity contribution is -0.146. The first-order valence-corrected chi connectivity index (χ1v) is 19.2. The number of carbonyl (C=O) groups excluding carboxylic acids is 2. The molecule has 4 heteroatoms. The van der Waals surface area contributed by atoms with E-state index in [4.69, 9.17) is 4.74 Å². The SMILES string of the molecule is CCCCC/C=C\C/C=C\CCCCCCCC(=O)OCCN(CCC)C(=O)CCCCCCC/C=C\C/C=C\CCCCC. The summed E-state index contributed by atoms with van der Waals surface area (Å²) in [5, 5.41) is 0. The standard InChI is InChI=1S/C41H73NO3/c1-4-7-9-11-13-15-17-19-21-23-25-27-29-31-33-35-40(43)42(37-6-3)38-39-45-41(44)36-34-32-30-28-26-24-22-20-18-16-14-12-10-8-5-2/h13-16,19-22H,4-12,17-18,23-39H2,1-3H3/b15-13-,16-14-,21-19-,22-20-. The smallest absolute Gasteiger partial charge is 0.305 e. The van der Waals surface area contributed by atoms with Crippen LogP contribution < -0.4 is 0 Å². The number of ether oxygens (including phenoxy) is 1. The van der Waals surface area contributed by atoms with Gasteiger partial charge in [0.2, 0.25) is 5.91 Å². The average molecular weight is 628 g/mol. The minimum Gasteiger partial charge on any atom is -0.464 e. The van der Waals surface area contributed by atoms with E-state index in [9.17, 15) is 9.59 Å². The van der Waals surface area contributed by atoms with E-state index in [1.54, 1.807) is 0 Å². The molecule has 0 spiro atoms. The molecule has 0 aromatic carbocycles. The first-order valence-electron chi connectivity index (χ1n) is 19.2. The molecule has 0 aliphatic heterocycles. The van der Waals surface area contributed by atoms with E-state index in [0.717, 1.165) is 64.3 Å². The van der Waals surface area contributed by atoms with Gasteiger partial charge in [0.25, 0.3) is 0 Å². The maximum absolute atomic E-state index is 12.7. The molecular formula is C41H73NO3. The number of unbranched alkanes of at least 4 members (excludes halogenated alkanes) is 16. The summed E-state index contributed by atoms with van der Waals surface area (Å²) in [5.41, 5.74) is 0. The van der Waals surface area contributed by atoms with Crippen molar-refractivity contribution in [1.29, 1.82) is 0 Å². The molecule has 0 fully saturated rings. The van der Waals surface area contributed by atoms with Crippen molar-refractivity contribution in [3.05, 3.63) is 48.6 Å². The number of nitrogens with zero attached hydrogens (tertiary/aromatic N) is 1. The summed E-state index contributed by atoms with van der Waals surface area (Å²) in [6, 6.07) is 0. The fourth-order valence-corrected chi connectivity index (χ4v) is 5.30. The molecule has 0 aliphatic rings. The van der Waals surface area contributed by atoms with Crippen LogP contribution in [0.3, 0.4) is 0 Å². The Morgan fingerprint density at radius 1 is 0.467 bits per heavy atom. The van der Waals surface area contributed by atoms with Gasteiger partial charge in [-0.2, -0.15) is 0 Å². The van der Waals surface area contributed by atoms with E-state index in [1.807, 2.05) is 4.90 Å². The van der Waals surface area contributed by atoms with Crippen molar-refractivity contribution in [1.82, 2.24) is 4.90 Å². The molecule has 0 saturated carbocycles. The zero-order chi connectivity index (χ0) is 32.9. The highest BCUT2D eigenvalue weighted by atomic mass is 16.5. The highest BCUT2D eigenvalue weighted by Crippen LogP contribution is 2.11. The van der Waals surface area contributed by atoms with E-state index >= 15 is 0 Å². The maximum atomic E-state index is 12.7. The van der Waals surface area contributed by atoms with E-state index in [0.29, 0.717) is 26.0 Å². The largest absolute Gasteiger partial charge is 0.464 e. The van der Waals surface area contributed by atoms with E-state index in [-0.39, 0.29) is 11.9 Å². The zero-order valence-electron chi connectivity index (χ0n) is 30.1. The second kappa shape index (κ2) is 36.4. The third-order valence-corrected chi connectivity index (χ3v) is 8.14. The molecular weight excluding hydrogens is 554 g/mol. The van der Waals surface area contributed by atoms with Crippen LogP contribution in [0.5, 0.6) is 0 Å². The summed E-state index contributed by atoms with van der Waals surface area (Å²) in [6.07, 6.45) is 46.4. The number of carbonyl (C=O) groups is 2. The minimum absolute atomic E-state index is 0.127. The van der Waals surface area contributed by atoms with E-state index in [2.05, 4.69) is 69.4 Å². The molecule has 0 bridgehead atoms. The lowest BCUT2D eigenvalue weighted by Crippen LogP contribution is -2.35. The topological polar surface area (TPSA) is 46.6 Å². The molecule has 0 aromatic rings. The van der Waals surface area contributed by atoms with Crippen LogP contribution in [0.1, 0.15) is 181 Å². The number of hydrogen-bond acceptors (Lipinski definition) is 3. The molecule has 4 nitrogen and oxygen atoms in total. The van der Waals surface area contributed by atoms with Gasteiger partial charge in [0.1, 0.15) is 6.61 Å². The number of esters is 1. The Hall–Kier alpha value is -2.10. The Bertz CT molecular complexity index is 767. The van der Waals surface area contributed by atoms with Crippen molar-refractivity contribution in [2.45, 2.75) is 181 Å². The van der Waals surface area contributed by atoms with Crippen molar-refractivity contribution >= 4 is 11.9 Å². The van der Waals surface area contributed by atoms with Gasteiger partial charge in [0.15, 0.2) is 0 Å². The van der Waals surface area contributed by atoms with Crippen LogP contribution in [0, 0.1) is 0 Å². The van der Waals surface area contributed by atoms with Crippen LogP contribution in [-0.4, -0.2) is 36.5 Å². The van der Waals surface area contributed by atoms with Gasteiger partial charge in [-0.05, 0) is 83.5 Å². The van der Waals surface area contributed by atoms with Gasteiger partial charge in [-0.3, -0.25) is 9.59 Å². The zero-order valence-corrected chi connectivity index (χ0v) is 30.1. The molecule has 0 atom stereocenters. The Balaban J connectivity index is 3.74. The molecule has 0 heterocycles. The van der Waals surface area contributed by atoms with Crippen LogP contribution in [0.15, 0.2) is 48.6 Å². The van der Waals surface area contributed by atoms with Gasteiger partial charge in [-0.1, -0.05) is 134 Å². The van der Waals surface area contributed by atoms with Gasteiger partial charge in [-0.15, -0.1) is 0 Å². The second-order valence-electron chi connectivity index (χ2n) is 12.6. The first kappa shape index (κ1) is 42.9. The van der Waals surface area contributed by atoms with Crippen molar-refractivity contribution in [3.63, 3.8) is 0 Å². The monoisotopic (exact) mass is 628 g/mol. The van der Waals surface area contributed by atoms with Crippen LogP contribution >= 0.6 is 0 Å². The van der Waals surface area contributed by atoms with Crippen LogP contribution in [-0.2, 0) is 14.3 Å². The highest BCUT2D eigenvalue weighted by molar-refractivity contribution is 5.76. The quantitative estimate of drug-likeness (QED) is 0.0413. The predicted octanol–water partition coefficient (Wildman–Crippen LogP) is 12.4. The molecule has 0 aromatic heterocycles. The molecule has 0 rings (SSSR count). The van der Waals surface area contributed by atoms with Crippen molar-refractivity contribution in [2.75, 3.05) is 19.7 Å². The molecule has 260 valence electrons. The Kier molecular flexibility index (Phi) is 34.7. The van der Waals surface area contributed by atoms with E-state index < -0.39 is 0 Å². The molecule has 45 heavy (non-hydrogen) atoms.